The molecule has 92 valence electrons. The highest BCUT2D eigenvalue weighted by molar-refractivity contribution is 9.10. The topological polar surface area (TPSA) is 38.3 Å². The minimum Gasteiger partial charge on any atom is -0.378 e. The largest absolute Gasteiger partial charge is 0.378 e. The van der Waals surface area contributed by atoms with Crippen LogP contribution in [0.3, 0.4) is 0 Å². The number of rotatable bonds is 4. The summed E-state index contributed by atoms with van der Waals surface area (Å²) in [7, 11) is 0. The van der Waals surface area contributed by atoms with Gasteiger partial charge in [-0.3, -0.25) is 4.79 Å². The number of carbonyl (C=O) groups is 1. The van der Waals surface area contributed by atoms with Gasteiger partial charge in [0.15, 0.2) is 0 Å². The molecule has 1 aliphatic rings. The van der Waals surface area contributed by atoms with Crippen LogP contribution in [0.5, 0.6) is 0 Å². The number of ether oxygens (including phenoxy) is 1. The van der Waals surface area contributed by atoms with Crippen LogP contribution in [-0.4, -0.2) is 24.7 Å². The van der Waals surface area contributed by atoms with Crippen LogP contribution in [0.2, 0.25) is 0 Å². The first-order valence-electron chi connectivity index (χ1n) is 5.87. The van der Waals surface area contributed by atoms with Crippen molar-refractivity contribution in [2.24, 2.45) is 0 Å². The Morgan fingerprint density at radius 1 is 1.47 bits per heavy atom. The zero-order valence-corrected chi connectivity index (χ0v) is 11.4. The molecule has 1 aromatic rings. The summed E-state index contributed by atoms with van der Waals surface area (Å²) in [6.07, 6.45) is 2.16. The number of carbonyl (C=O) groups excluding carboxylic acids is 1. The van der Waals surface area contributed by atoms with E-state index in [1.165, 1.54) is 0 Å². The van der Waals surface area contributed by atoms with Crippen LogP contribution in [-0.2, 0) is 4.74 Å². The summed E-state index contributed by atoms with van der Waals surface area (Å²) < 4.78 is 6.29. The minimum absolute atomic E-state index is 0.0163. The molecule has 0 bridgehead atoms. The van der Waals surface area contributed by atoms with E-state index in [0.717, 1.165) is 23.9 Å². The van der Waals surface area contributed by atoms with Crippen molar-refractivity contribution in [2.75, 3.05) is 6.61 Å². The average Bonchev–Trinajstić information content (AvgIpc) is 2.26. The highest BCUT2D eigenvalue weighted by Gasteiger charge is 2.31. The lowest BCUT2D eigenvalue weighted by molar-refractivity contribution is -0.00863. The maximum atomic E-state index is 12.0. The van der Waals surface area contributed by atoms with E-state index in [4.69, 9.17) is 4.74 Å². The third-order valence-electron chi connectivity index (χ3n) is 2.95. The lowest BCUT2D eigenvalue weighted by Gasteiger charge is -2.35. The summed E-state index contributed by atoms with van der Waals surface area (Å²) in [5, 5.41) is 3.01. The Balaban J connectivity index is 1.85. The van der Waals surface area contributed by atoms with Crippen molar-refractivity contribution >= 4 is 21.8 Å². The molecule has 1 fully saturated rings. The molecule has 1 saturated carbocycles. The van der Waals surface area contributed by atoms with E-state index in [9.17, 15) is 4.79 Å². The van der Waals surface area contributed by atoms with Gasteiger partial charge in [0.1, 0.15) is 0 Å². The fourth-order valence-electron chi connectivity index (χ4n) is 1.96. The molecule has 1 N–H and O–H groups in total. The summed E-state index contributed by atoms with van der Waals surface area (Å²) in [5.41, 5.74) is 0.687. The fourth-order valence-corrected chi connectivity index (χ4v) is 2.43. The standard InChI is InChI=1S/C13H16BrNO2/c1-2-17-10-7-9(8-10)15-13(16)11-5-3-4-6-12(11)14/h3-6,9-10H,2,7-8H2,1H3,(H,15,16). The number of nitrogens with one attached hydrogen (secondary N) is 1. The van der Waals surface area contributed by atoms with Crippen LogP contribution in [0.25, 0.3) is 0 Å². The monoisotopic (exact) mass is 297 g/mol. The summed E-state index contributed by atoms with van der Waals surface area (Å²) in [6.45, 7) is 2.74. The van der Waals surface area contributed by atoms with Gasteiger partial charge in [0, 0.05) is 17.1 Å². The van der Waals surface area contributed by atoms with E-state index in [2.05, 4.69) is 21.2 Å². The molecule has 0 atom stereocenters. The molecular weight excluding hydrogens is 282 g/mol. The Morgan fingerprint density at radius 3 is 2.82 bits per heavy atom. The zero-order valence-electron chi connectivity index (χ0n) is 9.78. The number of halogens is 1. The number of amides is 1. The molecule has 17 heavy (non-hydrogen) atoms. The smallest absolute Gasteiger partial charge is 0.252 e. The Labute approximate surface area is 110 Å². The SMILES string of the molecule is CCOC1CC(NC(=O)c2ccccc2Br)C1. The molecule has 4 heteroatoms. The van der Waals surface area contributed by atoms with Gasteiger partial charge in [-0.1, -0.05) is 12.1 Å². The molecule has 0 spiro atoms. The maximum Gasteiger partial charge on any atom is 0.252 e. The van der Waals surface area contributed by atoms with Crippen LogP contribution < -0.4 is 5.32 Å². The summed E-state index contributed by atoms with van der Waals surface area (Å²) in [5.74, 6) is -0.0163. The molecule has 0 aromatic heterocycles. The van der Waals surface area contributed by atoms with Gasteiger partial charge in [-0.15, -0.1) is 0 Å². The molecule has 1 aromatic carbocycles. The second-order valence-corrected chi connectivity index (χ2v) is 5.05. The Bertz CT molecular complexity index is 402. The molecule has 0 aliphatic heterocycles. The molecule has 0 unspecified atom stereocenters. The molecule has 0 radical (unpaired) electrons. The van der Waals surface area contributed by atoms with Crippen LogP contribution in [0.4, 0.5) is 0 Å². The van der Waals surface area contributed by atoms with Crippen LogP contribution in [0.1, 0.15) is 30.1 Å². The predicted octanol–water partition coefficient (Wildman–Crippen LogP) is 2.75. The number of hydrogen-bond acceptors (Lipinski definition) is 2. The van der Waals surface area contributed by atoms with Crippen molar-refractivity contribution in [1.82, 2.24) is 5.32 Å². The number of hydrogen-bond donors (Lipinski definition) is 1. The van der Waals surface area contributed by atoms with Gasteiger partial charge in [0.2, 0.25) is 0 Å². The molecule has 2 rings (SSSR count). The predicted molar refractivity (Wildman–Crippen MR) is 70.0 cm³/mol. The first-order chi connectivity index (χ1) is 8.20. The van der Waals surface area contributed by atoms with Gasteiger partial charge in [0.25, 0.3) is 5.91 Å². The van der Waals surface area contributed by atoms with Crippen molar-refractivity contribution in [1.29, 1.82) is 0 Å². The second-order valence-electron chi connectivity index (χ2n) is 4.20. The lowest BCUT2D eigenvalue weighted by atomic mass is 9.89. The summed E-state index contributed by atoms with van der Waals surface area (Å²) >= 11 is 3.38. The highest BCUT2D eigenvalue weighted by atomic mass is 79.9. The van der Waals surface area contributed by atoms with E-state index in [1.54, 1.807) is 0 Å². The van der Waals surface area contributed by atoms with Crippen molar-refractivity contribution in [2.45, 2.75) is 31.9 Å². The normalized spacial score (nSPS) is 22.9. The molecule has 0 saturated heterocycles. The molecule has 3 nitrogen and oxygen atoms in total. The van der Waals surface area contributed by atoms with Crippen molar-refractivity contribution in [3.8, 4) is 0 Å². The van der Waals surface area contributed by atoms with Crippen molar-refractivity contribution < 1.29 is 9.53 Å². The number of benzene rings is 1. The van der Waals surface area contributed by atoms with E-state index < -0.39 is 0 Å². The Morgan fingerprint density at radius 2 is 2.18 bits per heavy atom. The van der Waals surface area contributed by atoms with E-state index in [-0.39, 0.29) is 11.9 Å². The summed E-state index contributed by atoms with van der Waals surface area (Å²) in [4.78, 5) is 12.0. The van der Waals surface area contributed by atoms with E-state index >= 15 is 0 Å². The van der Waals surface area contributed by atoms with Crippen LogP contribution >= 0.6 is 15.9 Å². The van der Waals surface area contributed by atoms with Gasteiger partial charge in [0.05, 0.1) is 11.7 Å². The molecule has 1 aliphatic carbocycles. The lowest BCUT2D eigenvalue weighted by Crippen LogP contribution is -2.47. The van der Waals surface area contributed by atoms with Gasteiger partial charge < -0.3 is 10.1 Å². The maximum absolute atomic E-state index is 12.0. The van der Waals surface area contributed by atoms with Crippen molar-refractivity contribution in [3.63, 3.8) is 0 Å². The van der Waals surface area contributed by atoms with Crippen LogP contribution in [0.15, 0.2) is 28.7 Å². The van der Waals surface area contributed by atoms with Gasteiger partial charge in [-0.05, 0) is 47.8 Å². The minimum atomic E-state index is -0.0163. The first-order valence-corrected chi connectivity index (χ1v) is 6.67. The average molecular weight is 298 g/mol. The second kappa shape index (κ2) is 5.65. The van der Waals surface area contributed by atoms with E-state index in [1.807, 2.05) is 31.2 Å². The quantitative estimate of drug-likeness (QED) is 0.928. The summed E-state index contributed by atoms with van der Waals surface area (Å²) in [6, 6.07) is 7.71. The molecule has 1 amide bonds. The fraction of sp³-hybridized carbons (Fsp3) is 0.462. The highest BCUT2D eigenvalue weighted by Crippen LogP contribution is 2.24. The Hall–Kier alpha value is -0.870. The van der Waals surface area contributed by atoms with Crippen molar-refractivity contribution in [3.05, 3.63) is 34.3 Å². The first kappa shape index (κ1) is 12.6. The van der Waals surface area contributed by atoms with Gasteiger partial charge in [-0.25, -0.2) is 0 Å². The van der Waals surface area contributed by atoms with Crippen LogP contribution in [0, 0.1) is 0 Å². The third-order valence-corrected chi connectivity index (χ3v) is 3.64. The van der Waals surface area contributed by atoms with Gasteiger partial charge in [-0.2, -0.15) is 0 Å². The third kappa shape index (κ3) is 3.07. The zero-order chi connectivity index (χ0) is 12.3. The Kier molecular flexibility index (Phi) is 4.18. The van der Waals surface area contributed by atoms with Gasteiger partial charge >= 0.3 is 0 Å². The molecular formula is C13H16BrNO2. The molecule has 0 heterocycles. The van der Waals surface area contributed by atoms with E-state index in [0.29, 0.717) is 11.7 Å².